The molecule has 0 fully saturated rings. The van der Waals surface area contributed by atoms with Gasteiger partial charge in [0, 0.05) is 19.3 Å². The summed E-state index contributed by atoms with van der Waals surface area (Å²) in [7, 11) is 1.41. The first-order valence-electron chi connectivity index (χ1n) is 5.40. The first kappa shape index (κ1) is 15.3. The predicted molar refractivity (Wildman–Crippen MR) is 62.5 cm³/mol. The van der Waals surface area contributed by atoms with Crippen molar-refractivity contribution in [3.8, 4) is 6.07 Å². The largest absolute Gasteiger partial charge is 0.417 e. The lowest BCUT2D eigenvalue weighted by Crippen LogP contribution is -2.24. The molecule has 1 atom stereocenters. The third-order valence-corrected chi connectivity index (χ3v) is 2.35. The standard InChI is InChI=1S/C12H13F3N2O2/c1-19-7-10(18)6-17-9-3-2-8(5-16)11(4-9)12(13,14)15/h2-4,10,17-18H,6-7H2,1H3/t10-/m0/s1. The minimum absolute atomic E-state index is 0.0526. The van der Waals surface area contributed by atoms with Gasteiger partial charge in [0.05, 0.1) is 29.9 Å². The van der Waals surface area contributed by atoms with Crippen molar-refractivity contribution < 1.29 is 23.0 Å². The van der Waals surface area contributed by atoms with Gasteiger partial charge in [-0.25, -0.2) is 0 Å². The molecular weight excluding hydrogens is 261 g/mol. The summed E-state index contributed by atoms with van der Waals surface area (Å²) in [5.41, 5.74) is -1.25. The van der Waals surface area contributed by atoms with E-state index in [0.717, 1.165) is 12.1 Å². The van der Waals surface area contributed by atoms with Gasteiger partial charge in [-0.05, 0) is 18.2 Å². The average molecular weight is 274 g/mol. The summed E-state index contributed by atoms with van der Waals surface area (Å²) >= 11 is 0. The van der Waals surface area contributed by atoms with Gasteiger partial charge in [0.25, 0.3) is 0 Å². The lowest BCUT2D eigenvalue weighted by Gasteiger charge is -2.14. The fourth-order valence-electron chi connectivity index (χ4n) is 1.47. The lowest BCUT2D eigenvalue weighted by molar-refractivity contribution is -0.137. The van der Waals surface area contributed by atoms with Crippen LogP contribution in [0.25, 0.3) is 0 Å². The van der Waals surface area contributed by atoms with E-state index in [1.807, 2.05) is 0 Å². The van der Waals surface area contributed by atoms with Gasteiger partial charge in [0.1, 0.15) is 0 Å². The minimum atomic E-state index is -4.59. The number of nitrogens with zero attached hydrogens (tertiary/aromatic N) is 1. The molecule has 0 heterocycles. The summed E-state index contributed by atoms with van der Waals surface area (Å²) in [5.74, 6) is 0. The smallest absolute Gasteiger partial charge is 0.389 e. The van der Waals surface area contributed by atoms with Crippen LogP contribution in [0, 0.1) is 11.3 Å². The Balaban J connectivity index is 2.85. The molecular formula is C12H13F3N2O2. The maximum absolute atomic E-state index is 12.7. The van der Waals surface area contributed by atoms with Crippen LogP contribution >= 0.6 is 0 Å². The molecule has 0 aliphatic carbocycles. The highest BCUT2D eigenvalue weighted by molar-refractivity contribution is 5.53. The Morgan fingerprint density at radius 3 is 2.68 bits per heavy atom. The quantitative estimate of drug-likeness (QED) is 0.862. The molecule has 4 nitrogen and oxygen atoms in total. The maximum atomic E-state index is 12.7. The molecule has 0 bridgehead atoms. The number of hydrogen-bond donors (Lipinski definition) is 2. The second-order valence-corrected chi connectivity index (χ2v) is 3.86. The number of methoxy groups -OCH3 is 1. The number of aliphatic hydroxyl groups excluding tert-OH is 1. The molecule has 1 aromatic carbocycles. The van der Waals surface area contributed by atoms with Crippen LogP contribution in [-0.2, 0) is 10.9 Å². The fourth-order valence-corrected chi connectivity index (χ4v) is 1.47. The van der Waals surface area contributed by atoms with Crippen LogP contribution in [0.1, 0.15) is 11.1 Å². The number of rotatable bonds is 5. The van der Waals surface area contributed by atoms with E-state index < -0.39 is 23.4 Å². The van der Waals surface area contributed by atoms with Crippen molar-refractivity contribution in [3.05, 3.63) is 29.3 Å². The van der Waals surface area contributed by atoms with Crippen molar-refractivity contribution in [1.29, 1.82) is 5.26 Å². The second-order valence-electron chi connectivity index (χ2n) is 3.86. The molecule has 0 saturated heterocycles. The second kappa shape index (κ2) is 6.41. The van der Waals surface area contributed by atoms with Crippen molar-refractivity contribution in [2.45, 2.75) is 12.3 Å². The van der Waals surface area contributed by atoms with Crippen molar-refractivity contribution in [2.24, 2.45) is 0 Å². The molecule has 1 aromatic rings. The number of anilines is 1. The van der Waals surface area contributed by atoms with Crippen LogP contribution in [0.15, 0.2) is 18.2 Å². The monoisotopic (exact) mass is 274 g/mol. The van der Waals surface area contributed by atoms with Crippen LogP contribution in [0.2, 0.25) is 0 Å². The summed E-state index contributed by atoms with van der Waals surface area (Å²) in [6.45, 7) is 0.131. The Hall–Kier alpha value is -1.78. The topological polar surface area (TPSA) is 65.3 Å². The Labute approximate surface area is 108 Å². The van der Waals surface area contributed by atoms with E-state index in [4.69, 9.17) is 10.00 Å². The highest BCUT2D eigenvalue weighted by Crippen LogP contribution is 2.33. The number of nitriles is 1. The normalized spacial score (nSPS) is 12.8. The van der Waals surface area contributed by atoms with Crippen molar-refractivity contribution in [2.75, 3.05) is 25.6 Å². The first-order chi connectivity index (χ1) is 8.88. The Bertz CT molecular complexity index is 469. The van der Waals surface area contributed by atoms with Gasteiger partial charge in [-0.1, -0.05) is 0 Å². The van der Waals surface area contributed by atoms with Crippen LogP contribution in [-0.4, -0.2) is 31.5 Å². The lowest BCUT2D eigenvalue weighted by atomic mass is 10.1. The van der Waals surface area contributed by atoms with E-state index in [9.17, 15) is 18.3 Å². The predicted octanol–water partition coefficient (Wildman–Crippen LogP) is 2.00. The van der Waals surface area contributed by atoms with E-state index in [0.29, 0.717) is 0 Å². The number of alkyl halides is 3. The van der Waals surface area contributed by atoms with Gasteiger partial charge in [0.2, 0.25) is 0 Å². The van der Waals surface area contributed by atoms with Crippen LogP contribution in [0.4, 0.5) is 18.9 Å². The van der Waals surface area contributed by atoms with E-state index in [1.165, 1.54) is 19.2 Å². The number of halogens is 3. The number of benzene rings is 1. The SMILES string of the molecule is COC[C@@H](O)CNc1ccc(C#N)c(C(F)(F)F)c1. The summed E-state index contributed by atoms with van der Waals surface area (Å²) in [6, 6.07) is 4.79. The van der Waals surface area contributed by atoms with Crippen molar-refractivity contribution in [1.82, 2.24) is 0 Å². The molecule has 0 spiro atoms. The van der Waals surface area contributed by atoms with Crippen LogP contribution < -0.4 is 5.32 Å². The number of aliphatic hydroxyl groups is 1. The molecule has 0 amide bonds. The van der Waals surface area contributed by atoms with E-state index in [-0.39, 0.29) is 18.8 Å². The zero-order valence-electron chi connectivity index (χ0n) is 10.2. The number of hydrogen-bond acceptors (Lipinski definition) is 4. The Morgan fingerprint density at radius 2 is 2.16 bits per heavy atom. The fraction of sp³-hybridized carbons (Fsp3) is 0.417. The molecule has 104 valence electrons. The molecule has 2 N–H and O–H groups in total. The summed E-state index contributed by atoms with van der Waals surface area (Å²) in [6.07, 6.45) is -5.41. The number of ether oxygens (including phenoxy) is 1. The molecule has 1 rings (SSSR count). The molecule has 0 aliphatic heterocycles. The van der Waals surface area contributed by atoms with Gasteiger partial charge in [0.15, 0.2) is 0 Å². The molecule has 7 heteroatoms. The molecule has 19 heavy (non-hydrogen) atoms. The summed E-state index contributed by atoms with van der Waals surface area (Å²) in [5, 5.41) is 20.7. The van der Waals surface area contributed by atoms with Crippen LogP contribution in [0.5, 0.6) is 0 Å². The van der Waals surface area contributed by atoms with Gasteiger partial charge >= 0.3 is 6.18 Å². The molecule has 0 saturated carbocycles. The van der Waals surface area contributed by atoms with Gasteiger partial charge in [-0.3, -0.25) is 0 Å². The highest BCUT2D eigenvalue weighted by atomic mass is 19.4. The minimum Gasteiger partial charge on any atom is -0.389 e. The number of nitrogens with one attached hydrogen (secondary N) is 1. The van der Waals surface area contributed by atoms with Gasteiger partial charge in [-0.2, -0.15) is 18.4 Å². The summed E-state index contributed by atoms with van der Waals surface area (Å²) in [4.78, 5) is 0. The van der Waals surface area contributed by atoms with E-state index in [1.54, 1.807) is 0 Å². The molecule has 0 unspecified atom stereocenters. The van der Waals surface area contributed by atoms with E-state index >= 15 is 0 Å². The van der Waals surface area contributed by atoms with Gasteiger partial charge < -0.3 is 15.2 Å². The van der Waals surface area contributed by atoms with Crippen molar-refractivity contribution >= 4 is 5.69 Å². The zero-order valence-corrected chi connectivity index (χ0v) is 10.2. The molecule has 0 radical (unpaired) electrons. The highest BCUT2D eigenvalue weighted by Gasteiger charge is 2.33. The zero-order chi connectivity index (χ0) is 14.5. The van der Waals surface area contributed by atoms with Crippen molar-refractivity contribution in [3.63, 3.8) is 0 Å². The third kappa shape index (κ3) is 4.43. The molecule has 0 aromatic heterocycles. The average Bonchev–Trinajstić information content (AvgIpc) is 2.35. The first-order valence-corrected chi connectivity index (χ1v) is 5.40. The Morgan fingerprint density at radius 1 is 1.47 bits per heavy atom. The third-order valence-electron chi connectivity index (χ3n) is 2.35. The van der Waals surface area contributed by atoms with E-state index in [2.05, 4.69) is 5.32 Å². The summed E-state index contributed by atoms with van der Waals surface area (Å²) < 4.78 is 42.8. The van der Waals surface area contributed by atoms with Crippen LogP contribution in [0.3, 0.4) is 0 Å². The van der Waals surface area contributed by atoms with Gasteiger partial charge in [-0.15, -0.1) is 0 Å². The maximum Gasteiger partial charge on any atom is 0.417 e. The Kier molecular flexibility index (Phi) is 5.15. The molecule has 0 aliphatic rings.